The van der Waals surface area contributed by atoms with E-state index in [1.807, 2.05) is 5.38 Å². The number of carbonyl (C=O) groups is 2. The molecule has 1 N–H and O–H groups in total. The van der Waals surface area contributed by atoms with E-state index in [9.17, 15) is 19.7 Å². The third-order valence-electron chi connectivity index (χ3n) is 3.38. The molecule has 1 aromatic carbocycles. The minimum absolute atomic E-state index is 0.0442. The molecule has 1 atom stereocenters. The van der Waals surface area contributed by atoms with Gasteiger partial charge in [-0.05, 0) is 11.4 Å². The molecule has 132 valence electrons. The Labute approximate surface area is 156 Å². The number of ketones is 1. The highest BCUT2D eigenvalue weighted by Gasteiger charge is 2.32. The number of nitro groups is 1. The van der Waals surface area contributed by atoms with Crippen LogP contribution in [0.1, 0.15) is 21.7 Å². The van der Waals surface area contributed by atoms with Crippen LogP contribution in [0.4, 0.5) is 5.69 Å². The fraction of sp³-hybridized carbons (Fsp3) is 0.125. The lowest BCUT2D eigenvalue weighted by atomic mass is 10.2. The largest absolute Gasteiger partial charge is 0.303 e. The van der Waals surface area contributed by atoms with E-state index in [0.29, 0.717) is 15.6 Å². The van der Waals surface area contributed by atoms with Gasteiger partial charge in [0.05, 0.1) is 21.3 Å². The molecule has 3 rings (SSSR count). The topological polar surface area (TPSA) is 114 Å². The Balaban J connectivity index is 1.62. The Bertz CT molecular complexity index is 909. The third-order valence-corrected chi connectivity index (χ3v) is 5.36. The third kappa shape index (κ3) is 4.41. The van der Waals surface area contributed by atoms with Crippen molar-refractivity contribution in [3.8, 4) is 0 Å². The minimum Gasteiger partial charge on any atom is -0.303 e. The van der Waals surface area contributed by atoms with Gasteiger partial charge >= 0.3 is 0 Å². The Hall–Kier alpha value is -2.85. The fourth-order valence-corrected chi connectivity index (χ4v) is 3.76. The molecule has 0 bridgehead atoms. The molecule has 0 aliphatic carbocycles. The lowest BCUT2D eigenvalue weighted by molar-refractivity contribution is -0.384. The summed E-state index contributed by atoms with van der Waals surface area (Å²) in [5, 5.41) is 22.6. The summed E-state index contributed by atoms with van der Waals surface area (Å²) < 4.78 is 0. The molecule has 1 unspecified atom stereocenters. The number of nitrogens with one attached hydrogen (secondary N) is 1. The summed E-state index contributed by atoms with van der Waals surface area (Å²) in [5.74, 6) is -0.377. The zero-order chi connectivity index (χ0) is 18.5. The molecule has 10 heteroatoms. The lowest BCUT2D eigenvalue weighted by Gasteiger charge is -2.02. The smallest absolute Gasteiger partial charge is 0.270 e. The van der Waals surface area contributed by atoms with E-state index in [-0.39, 0.29) is 23.8 Å². The van der Waals surface area contributed by atoms with Gasteiger partial charge in [-0.2, -0.15) is 5.10 Å². The molecular weight excluding hydrogens is 376 g/mol. The molecule has 8 nitrogen and oxygen atoms in total. The van der Waals surface area contributed by atoms with Crippen LogP contribution >= 0.6 is 23.1 Å². The van der Waals surface area contributed by atoms with E-state index < -0.39 is 10.2 Å². The van der Waals surface area contributed by atoms with Gasteiger partial charge in [-0.1, -0.05) is 30.0 Å². The number of non-ortho nitro benzene ring substituents is 1. The number of hydrogen-bond donors (Lipinski definition) is 1. The van der Waals surface area contributed by atoms with Crippen molar-refractivity contribution < 1.29 is 14.5 Å². The van der Waals surface area contributed by atoms with Gasteiger partial charge in [-0.15, -0.1) is 16.4 Å². The van der Waals surface area contributed by atoms with Gasteiger partial charge in [0, 0.05) is 24.1 Å². The van der Waals surface area contributed by atoms with E-state index in [2.05, 4.69) is 15.5 Å². The van der Waals surface area contributed by atoms with E-state index in [0.717, 1.165) is 11.8 Å². The molecule has 2 heterocycles. The van der Waals surface area contributed by atoms with Crippen molar-refractivity contribution in [1.29, 1.82) is 0 Å². The summed E-state index contributed by atoms with van der Waals surface area (Å²) in [5.41, 5.74) is 0.472. The van der Waals surface area contributed by atoms with E-state index in [1.54, 1.807) is 24.3 Å². The van der Waals surface area contributed by atoms with Gasteiger partial charge in [0.1, 0.15) is 0 Å². The number of thiophene rings is 1. The molecule has 1 fully saturated rings. The number of nitrogens with zero attached hydrogens (tertiary/aromatic N) is 3. The summed E-state index contributed by atoms with van der Waals surface area (Å²) in [6, 6.07) is 9.46. The zero-order valence-corrected chi connectivity index (χ0v) is 14.8. The summed E-state index contributed by atoms with van der Waals surface area (Å²) in [4.78, 5) is 34.9. The molecule has 1 aliphatic rings. The molecule has 26 heavy (non-hydrogen) atoms. The van der Waals surface area contributed by atoms with Crippen LogP contribution in [0.25, 0.3) is 0 Å². The van der Waals surface area contributed by atoms with Gasteiger partial charge in [-0.25, -0.2) is 0 Å². The summed E-state index contributed by atoms with van der Waals surface area (Å²) in [7, 11) is 0. The standard InChI is InChI=1S/C16H12N4O4S2/c21-12(13-5-2-6-25-13)8-14-15(22)18-16(26-14)19-17-9-10-3-1-4-11(7-10)20(23)24/h1-7,9,14H,8H2,(H,18,19,22)/b17-9+. The van der Waals surface area contributed by atoms with Crippen molar-refractivity contribution in [1.82, 2.24) is 5.32 Å². The highest BCUT2D eigenvalue weighted by molar-refractivity contribution is 8.15. The molecule has 1 saturated heterocycles. The fourth-order valence-electron chi connectivity index (χ4n) is 2.16. The Morgan fingerprint density at radius 2 is 2.19 bits per heavy atom. The SMILES string of the molecule is O=C(CC1S/C(=N/N=C/c2cccc([N+](=O)[O-])c2)NC1=O)c1cccs1. The molecular formula is C16H12N4O4S2. The highest BCUT2D eigenvalue weighted by Crippen LogP contribution is 2.25. The van der Waals surface area contributed by atoms with Gasteiger partial charge in [-0.3, -0.25) is 19.7 Å². The van der Waals surface area contributed by atoms with Crippen molar-refractivity contribution in [2.45, 2.75) is 11.7 Å². The van der Waals surface area contributed by atoms with E-state index >= 15 is 0 Å². The number of nitro benzene ring substituents is 1. The van der Waals surface area contributed by atoms with Gasteiger partial charge in [0.25, 0.3) is 5.69 Å². The average molecular weight is 388 g/mol. The van der Waals surface area contributed by atoms with E-state index in [4.69, 9.17) is 0 Å². The second-order valence-electron chi connectivity index (χ2n) is 5.20. The van der Waals surface area contributed by atoms with Crippen LogP contribution in [0, 0.1) is 10.1 Å². The number of hydrogen-bond acceptors (Lipinski definition) is 8. The predicted molar refractivity (Wildman–Crippen MR) is 101 cm³/mol. The van der Waals surface area contributed by atoms with Crippen molar-refractivity contribution >= 4 is 51.9 Å². The van der Waals surface area contributed by atoms with Crippen LogP contribution in [-0.2, 0) is 4.79 Å². The Kier molecular flexibility index (Phi) is 5.54. The van der Waals surface area contributed by atoms with Crippen LogP contribution in [0.5, 0.6) is 0 Å². The minimum atomic E-state index is -0.545. The van der Waals surface area contributed by atoms with Crippen LogP contribution in [0.2, 0.25) is 0 Å². The van der Waals surface area contributed by atoms with Crippen molar-refractivity contribution in [2.24, 2.45) is 10.2 Å². The molecule has 2 aromatic rings. The van der Waals surface area contributed by atoms with Crippen molar-refractivity contribution in [3.05, 3.63) is 62.3 Å². The van der Waals surface area contributed by atoms with Crippen LogP contribution in [0.15, 0.2) is 52.0 Å². The zero-order valence-electron chi connectivity index (χ0n) is 13.2. The molecule has 1 aliphatic heterocycles. The lowest BCUT2D eigenvalue weighted by Crippen LogP contribution is -2.26. The van der Waals surface area contributed by atoms with Crippen LogP contribution in [-0.4, -0.2) is 33.2 Å². The predicted octanol–water partition coefficient (Wildman–Crippen LogP) is 2.85. The monoisotopic (exact) mass is 388 g/mol. The number of amidine groups is 1. The molecule has 0 saturated carbocycles. The first-order chi connectivity index (χ1) is 12.5. The summed E-state index contributed by atoms with van der Waals surface area (Å²) in [6.07, 6.45) is 1.45. The first kappa shape index (κ1) is 18.0. The normalized spacial score (nSPS) is 18.4. The second kappa shape index (κ2) is 8.02. The Morgan fingerprint density at radius 1 is 1.35 bits per heavy atom. The molecule has 1 amide bonds. The van der Waals surface area contributed by atoms with E-state index in [1.165, 1.54) is 29.7 Å². The number of carbonyl (C=O) groups excluding carboxylic acids is 2. The van der Waals surface area contributed by atoms with Crippen molar-refractivity contribution in [2.75, 3.05) is 0 Å². The highest BCUT2D eigenvalue weighted by atomic mass is 32.2. The average Bonchev–Trinajstić information content (AvgIpc) is 3.26. The van der Waals surface area contributed by atoms with Gasteiger partial charge < -0.3 is 5.32 Å². The Morgan fingerprint density at radius 3 is 2.92 bits per heavy atom. The molecule has 0 spiro atoms. The first-order valence-electron chi connectivity index (χ1n) is 7.42. The van der Waals surface area contributed by atoms with Crippen LogP contribution in [0.3, 0.4) is 0 Å². The first-order valence-corrected chi connectivity index (χ1v) is 9.18. The summed E-state index contributed by atoms with van der Waals surface area (Å²) in [6.45, 7) is 0. The van der Waals surface area contributed by atoms with Gasteiger partial charge in [0.2, 0.25) is 5.91 Å². The molecule has 0 radical (unpaired) electrons. The second-order valence-corrected chi connectivity index (χ2v) is 7.34. The maximum Gasteiger partial charge on any atom is 0.270 e. The van der Waals surface area contributed by atoms with Crippen molar-refractivity contribution in [3.63, 3.8) is 0 Å². The summed E-state index contributed by atoms with van der Waals surface area (Å²) >= 11 is 2.48. The number of rotatable bonds is 6. The number of Topliss-reactive ketones (excluding diaryl/α,β-unsaturated/α-hetero) is 1. The molecule has 1 aromatic heterocycles. The number of thioether (sulfide) groups is 1. The maximum absolute atomic E-state index is 12.1. The quantitative estimate of drug-likeness (QED) is 0.354. The van der Waals surface area contributed by atoms with Crippen LogP contribution < -0.4 is 5.32 Å². The number of amides is 1. The van der Waals surface area contributed by atoms with Gasteiger partial charge in [0.15, 0.2) is 11.0 Å². The number of benzene rings is 1. The maximum atomic E-state index is 12.1.